The Bertz CT molecular complexity index is 1220. The van der Waals surface area contributed by atoms with Crippen molar-refractivity contribution in [2.24, 2.45) is 0 Å². The van der Waals surface area contributed by atoms with Crippen LogP contribution in [-0.2, 0) is 6.54 Å². The first-order valence-corrected chi connectivity index (χ1v) is 11.7. The third kappa shape index (κ3) is 4.46. The second-order valence-corrected chi connectivity index (χ2v) is 8.83. The molecule has 1 fully saturated rings. The molecule has 2 amide bonds. The van der Waals surface area contributed by atoms with Crippen LogP contribution in [0, 0.1) is 0 Å². The predicted octanol–water partition coefficient (Wildman–Crippen LogP) is 5.72. The van der Waals surface area contributed by atoms with Gasteiger partial charge in [-0.15, -0.1) is 10.2 Å². The molecule has 3 heterocycles. The van der Waals surface area contributed by atoms with Gasteiger partial charge < -0.3 is 19.2 Å². The molecule has 2 aromatic carbocycles. The van der Waals surface area contributed by atoms with E-state index in [9.17, 15) is 4.79 Å². The summed E-state index contributed by atoms with van der Waals surface area (Å²) in [5.74, 6) is 1.57. The van der Waals surface area contributed by atoms with Crippen LogP contribution >= 0.6 is 11.6 Å². The predicted molar refractivity (Wildman–Crippen MR) is 127 cm³/mol. The van der Waals surface area contributed by atoms with Crippen LogP contribution < -0.4 is 5.32 Å². The SMILES string of the molecule is CC[C@H](NC(=O)N1CCC[C@@H]1c1nncn1Cc1ccc(Cl)cc1)c1cc2ccccc2o1. The third-order valence-electron chi connectivity index (χ3n) is 6.22. The van der Waals surface area contributed by atoms with Crippen molar-refractivity contribution in [2.45, 2.75) is 44.8 Å². The second-order valence-electron chi connectivity index (χ2n) is 8.39. The second kappa shape index (κ2) is 9.27. The molecule has 1 saturated heterocycles. The number of amides is 2. The van der Waals surface area contributed by atoms with E-state index in [4.69, 9.17) is 16.0 Å². The Labute approximate surface area is 197 Å². The fraction of sp³-hybridized carbons (Fsp3) is 0.320. The maximum atomic E-state index is 13.3. The van der Waals surface area contributed by atoms with Crippen LogP contribution in [0.5, 0.6) is 0 Å². The summed E-state index contributed by atoms with van der Waals surface area (Å²) >= 11 is 6.01. The van der Waals surface area contributed by atoms with Gasteiger partial charge >= 0.3 is 6.03 Å². The minimum absolute atomic E-state index is 0.106. The molecule has 4 aromatic rings. The number of benzene rings is 2. The summed E-state index contributed by atoms with van der Waals surface area (Å²) in [6.07, 6.45) is 4.24. The number of carbonyl (C=O) groups excluding carboxylic acids is 1. The van der Waals surface area contributed by atoms with Crippen molar-refractivity contribution in [3.05, 3.63) is 83.1 Å². The number of rotatable bonds is 6. The van der Waals surface area contributed by atoms with Gasteiger partial charge in [0, 0.05) is 17.0 Å². The van der Waals surface area contributed by atoms with E-state index in [1.165, 1.54) is 0 Å². The first-order valence-electron chi connectivity index (χ1n) is 11.3. The number of likely N-dealkylation sites (tertiary alicyclic amines) is 1. The van der Waals surface area contributed by atoms with Crippen LogP contribution in [0.1, 0.15) is 55.4 Å². The Morgan fingerprint density at radius 3 is 2.85 bits per heavy atom. The number of urea groups is 1. The number of hydrogen-bond donors (Lipinski definition) is 1. The fourth-order valence-electron chi connectivity index (χ4n) is 4.49. The summed E-state index contributed by atoms with van der Waals surface area (Å²) in [4.78, 5) is 15.2. The molecular formula is C25H26ClN5O2. The normalized spacial score (nSPS) is 16.9. The molecule has 5 rings (SSSR count). The van der Waals surface area contributed by atoms with Crippen LogP contribution in [0.25, 0.3) is 11.0 Å². The summed E-state index contributed by atoms with van der Waals surface area (Å²) in [5, 5.41) is 13.4. The van der Waals surface area contributed by atoms with Gasteiger partial charge in [0.25, 0.3) is 0 Å². The molecule has 2 aromatic heterocycles. The zero-order valence-electron chi connectivity index (χ0n) is 18.4. The Morgan fingerprint density at radius 1 is 1.24 bits per heavy atom. The number of carbonyl (C=O) groups is 1. The summed E-state index contributed by atoms with van der Waals surface area (Å²) < 4.78 is 8.02. The van der Waals surface area contributed by atoms with Crippen molar-refractivity contribution in [3.63, 3.8) is 0 Å². The number of fused-ring (bicyclic) bond motifs is 1. The van der Waals surface area contributed by atoms with Crippen LogP contribution in [0.3, 0.4) is 0 Å². The highest BCUT2D eigenvalue weighted by Gasteiger charge is 2.34. The number of nitrogens with one attached hydrogen (secondary N) is 1. The van der Waals surface area contributed by atoms with E-state index < -0.39 is 0 Å². The maximum absolute atomic E-state index is 13.3. The Kier molecular flexibility index (Phi) is 6.05. The Hall–Kier alpha value is -3.32. The molecule has 1 aliphatic heterocycles. The smallest absolute Gasteiger partial charge is 0.318 e. The summed E-state index contributed by atoms with van der Waals surface area (Å²) in [6, 6.07) is 17.2. The van der Waals surface area contributed by atoms with E-state index in [-0.39, 0.29) is 18.1 Å². The molecular weight excluding hydrogens is 438 g/mol. The van der Waals surface area contributed by atoms with Crippen molar-refractivity contribution < 1.29 is 9.21 Å². The molecule has 8 heteroatoms. The van der Waals surface area contributed by atoms with Gasteiger partial charge in [0.2, 0.25) is 0 Å². The molecule has 0 aliphatic carbocycles. The molecule has 1 N–H and O–H groups in total. The standard InChI is InChI=1S/C25H26ClN5O2/c1-2-20(23-14-18-6-3-4-8-22(18)33-23)28-25(32)31-13-5-7-21(31)24-29-27-16-30(24)15-17-9-11-19(26)12-10-17/h3-4,6,8-12,14,16,20-21H,2,5,7,13,15H2,1H3,(H,28,32)/t20-,21+/m0/s1. The van der Waals surface area contributed by atoms with E-state index in [1.807, 2.05) is 71.0 Å². The number of aromatic nitrogens is 3. The van der Waals surface area contributed by atoms with E-state index in [0.717, 1.165) is 47.4 Å². The quantitative estimate of drug-likeness (QED) is 0.396. The van der Waals surface area contributed by atoms with Gasteiger partial charge in [-0.25, -0.2) is 4.79 Å². The number of halogens is 1. The minimum atomic E-state index is -0.196. The average molecular weight is 464 g/mol. The Morgan fingerprint density at radius 2 is 2.06 bits per heavy atom. The highest BCUT2D eigenvalue weighted by Crippen LogP contribution is 2.32. The van der Waals surface area contributed by atoms with Crippen molar-refractivity contribution in [1.29, 1.82) is 0 Å². The third-order valence-corrected chi connectivity index (χ3v) is 6.47. The van der Waals surface area contributed by atoms with Crippen LogP contribution in [-0.4, -0.2) is 32.2 Å². The van der Waals surface area contributed by atoms with Gasteiger partial charge in [-0.2, -0.15) is 0 Å². The van der Waals surface area contributed by atoms with E-state index in [2.05, 4.69) is 15.5 Å². The minimum Gasteiger partial charge on any atom is -0.459 e. The van der Waals surface area contributed by atoms with Gasteiger partial charge in [-0.05, 0) is 49.1 Å². The monoisotopic (exact) mass is 463 g/mol. The van der Waals surface area contributed by atoms with Crippen molar-refractivity contribution >= 4 is 28.6 Å². The molecule has 2 atom stereocenters. The molecule has 0 radical (unpaired) electrons. The van der Waals surface area contributed by atoms with Gasteiger partial charge in [0.05, 0.1) is 18.6 Å². The number of para-hydroxylation sites is 1. The summed E-state index contributed by atoms with van der Waals surface area (Å²) in [5.41, 5.74) is 1.93. The zero-order chi connectivity index (χ0) is 22.8. The highest BCUT2D eigenvalue weighted by atomic mass is 35.5. The first-order chi connectivity index (χ1) is 16.1. The van der Waals surface area contributed by atoms with E-state index >= 15 is 0 Å². The first kappa shape index (κ1) is 21.5. The van der Waals surface area contributed by atoms with Crippen molar-refractivity contribution in [1.82, 2.24) is 25.0 Å². The number of nitrogens with zero attached hydrogens (tertiary/aromatic N) is 4. The van der Waals surface area contributed by atoms with Gasteiger partial charge in [0.15, 0.2) is 5.82 Å². The lowest BCUT2D eigenvalue weighted by molar-refractivity contribution is 0.184. The number of furan rings is 1. The molecule has 0 spiro atoms. The maximum Gasteiger partial charge on any atom is 0.318 e. The lowest BCUT2D eigenvalue weighted by Gasteiger charge is -2.27. The van der Waals surface area contributed by atoms with Gasteiger partial charge in [-0.3, -0.25) is 0 Å². The van der Waals surface area contributed by atoms with Gasteiger partial charge in [-0.1, -0.05) is 48.9 Å². The molecule has 0 unspecified atom stereocenters. The number of hydrogen-bond acceptors (Lipinski definition) is 4. The van der Waals surface area contributed by atoms with E-state index in [1.54, 1.807) is 6.33 Å². The van der Waals surface area contributed by atoms with Crippen molar-refractivity contribution in [2.75, 3.05) is 6.54 Å². The van der Waals surface area contributed by atoms with Crippen LogP contribution in [0.4, 0.5) is 4.79 Å². The summed E-state index contributed by atoms with van der Waals surface area (Å²) in [7, 11) is 0. The fourth-order valence-corrected chi connectivity index (χ4v) is 4.61. The molecule has 7 nitrogen and oxygen atoms in total. The summed E-state index contributed by atoms with van der Waals surface area (Å²) in [6.45, 7) is 3.35. The molecule has 0 saturated carbocycles. The lowest BCUT2D eigenvalue weighted by Crippen LogP contribution is -2.41. The Balaban J connectivity index is 1.32. The zero-order valence-corrected chi connectivity index (χ0v) is 19.2. The largest absolute Gasteiger partial charge is 0.459 e. The molecule has 33 heavy (non-hydrogen) atoms. The van der Waals surface area contributed by atoms with Crippen molar-refractivity contribution in [3.8, 4) is 0 Å². The van der Waals surface area contributed by atoms with Crippen LogP contribution in [0.2, 0.25) is 5.02 Å². The van der Waals surface area contributed by atoms with E-state index in [0.29, 0.717) is 18.1 Å². The molecule has 1 aliphatic rings. The van der Waals surface area contributed by atoms with Gasteiger partial charge in [0.1, 0.15) is 17.7 Å². The topological polar surface area (TPSA) is 76.2 Å². The lowest BCUT2D eigenvalue weighted by atomic mass is 10.1. The molecule has 0 bridgehead atoms. The average Bonchev–Trinajstić information content (AvgIpc) is 3.57. The van der Waals surface area contributed by atoms with Crippen LogP contribution in [0.15, 0.2) is 65.3 Å². The highest BCUT2D eigenvalue weighted by molar-refractivity contribution is 6.30. The molecule has 170 valence electrons.